The van der Waals surface area contributed by atoms with Crippen molar-refractivity contribution < 1.29 is 18.3 Å². The van der Waals surface area contributed by atoms with E-state index in [4.69, 9.17) is 4.74 Å². The summed E-state index contributed by atoms with van der Waals surface area (Å²) in [5.41, 5.74) is 0.940. The maximum atomic E-state index is 13.1. The van der Waals surface area contributed by atoms with Crippen LogP contribution in [0.25, 0.3) is 0 Å². The van der Waals surface area contributed by atoms with Gasteiger partial charge in [-0.15, -0.1) is 0 Å². The number of rotatable bonds is 5. The summed E-state index contributed by atoms with van der Waals surface area (Å²) in [4.78, 5) is 0.318. The number of hydrogen-bond donors (Lipinski definition) is 2. The van der Waals surface area contributed by atoms with E-state index in [1.54, 1.807) is 11.7 Å². The predicted octanol–water partition coefficient (Wildman–Crippen LogP) is 0.753. The van der Waals surface area contributed by atoms with Gasteiger partial charge in [0.1, 0.15) is 4.90 Å². The fourth-order valence-electron chi connectivity index (χ4n) is 4.14. The molecule has 0 radical (unpaired) electrons. The molecule has 1 aliphatic heterocycles. The molecule has 1 aromatic heterocycles. The smallest absolute Gasteiger partial charge is 0.244 e. The van der Waals surface area contributed by atoms with E-state index in [1.807, 2.05) is 13.8 Å². The number of nitrogens with zero attached hydrogens (tertiary/aromatic N) is 2. The van der Waals surface area contributed by atoms with E-state index in [0.29, 0.717) is 55.9 Å². The van der Waals surface area contributed by atoms with E-state index in [9.17, 15) is 13.5 Å². The average Bonchev–Trinajstić information content (AvgIpc) is 2.91. The quantitative estimate of drug-likeness (QED) is 0.811. The summed E-state index contributed by atoms with van der Waals surface area (Å²) in [5.74, 6) is 0. The van der Waals surface area contributed by atoms with Crippen molar-refractivity contribution in [2.75, 3.05) is 13.2 Å². The molecule has 1 saturated carbocycles. The zero-order valence-corrected chi connectivity index (χ0v) is 15.4. The summed E-state index contributed by atoms with van der Waals surface area (Å²) < 4.78 is 36.0. The van der Waals surface area contributed by atoms with Crippen molar-refractivity contribution in [1.29, 1.82) is 0 Å². The van der Waals surface area contributed by atoms with Gasteiger partial charge in [-0.05, 0) is 32.1 Å². The summed E-state index contributed by atoms with van der Waals surface area (Å²) in [6, 6.07) is -0.240. The van der Waals surface area contributed by atoms with E-state index >= 15 is 0 Å². The molecular weight excluding hydrogens is 330 g/mol. The molecule has 3 rings (SSSR count). The maximum absolute atomic E-state index is 13.1. The van der Waals surface area contributed by atoms with Crippen molar-refractivity contribution in [1.82, 2.24) is 14.5 Å². The molecule has 7 nitrogen and oxygen atoms in total. The molecule has 24 heavy (non-hydrogen) atoms. The van der Waals surface area contributed by atoms with Crippen LogP contribution in [0.3, 0.4) is 0 Å². The van der Waals surface area contributed by atoms with Crippen LogP contribution >= 0.6 is 0 Å². The molecule has 1 saturated heterocycles. The monoisotopic (exact) mass is 357 g/mol. The van der Waals surface area contributed by atoms with Gasteiger partial charge in [-0.25, -0.2) is 13.1 Å². The lowest BCUT2D eigenvalue weighted by atomic mass is 9.58. The van der Waals surface area contributed by atoms with Crippen molar-refractivity contribution in [3.63, 3.8) is 0 Å². The fourth-order valence-corrected chi connectivity index (χ4v) is 6.05. The molecule has 2 N–H and O–H groups in total. The van der Waals surface area contributed by atoms with Gasteiger partial charge in [-0.1, -0.05) is 13.8 Å². The Bertz CT molecular complexity index is 707. The number of aromatic nitrogens is 2. The van der Waals surface area contributed by atoms with E-state index < -0.39 is 16.1 Å². The number of sulfonamides is 1. The minimum absolute atomic E-state index is 0.240. The molecule has 2 atom stereocenters. The first kappa shape index (κ1) is 17.8. The van der Waals surface area contributed by atoms with Crippen LogP contribution in [0, 0.1) is 5.41 Å². The molecule has 2 fully saturated rings. The van der Waals surface area contributed by atoms with Gasteiger partial charge in [0.15, 0.2) is 0 Å². The molecule has 0 unspecified atom stereocenters. The number of hydrogen-bond acceptors (Lipinski definition) is 5. The average molecular weight is 357 g/mol. The third-order valence-corrected chi connectivity index (χ3v) is 7.27. The molecular formula is C16H27N3O4S. The fraction of sp³-hybridized carbons (Fsp3) is 0.812. The number of aryl methyl sites for hydroxylation is 2. The summed E-state index contributed by atoms with van der Waals surface area (Å²) in [6.07, 6.45) is 2.55. The maximum Gasteiger partial charge on any atom is 0.244 e. The Labute approximate surface area is 143 Å². The van der Waals surface area contributed by atoms with Gasteiger partial charge in [0.05, 0.1) is 17.5 Å². The zero-order chi connectivity index (χ0) is 17.5. The predicted molar refractivity (Wildman–Crippen MR) is 89.2 cm³/mol. The highest BCUT2D eigenvalue weighted by Crippen LogP contribution is 2.49. The highest BCUT2D eigenvalue weighted by molar-refractivity contribution is 7.89. The second-order valence-corrected chi connectivity index (χ2v) is 8.47. The third kappa shape index (κ3) is 2.69. The zero-order valence-electron chi connectivity index (χ0n) is 14.6. The number of aliphatic hydroxyl groups excluding tert-OH is 1. The number of ether oxygens (including phenoxy) is 1. The lowest BCUT2D eigenvalue weighted by Gasteiger charge is -2.55. The van der Waals surface area contributed by atoms with Crippen LogP contribution in [-0.4, -0.2) is 48.7 Å². The molecule has 8 heteroatoms. The van der Waals surface area contributed by atoms with Crippen molar-refractivity contribution in [3.05, 3.63) is 11.4 Å². The SMILES string of the molecule is CCc1nn(C)c(CC)c1S(=O)(=O)N[C@@H]1C[C@@H](O)C12CCOCC2. The molecule has 1 spiro atoms. The van der Waals surface area contributed by atoms with Crippen molar-refractivity contribution in [3.8, 4) is 0 Å². The van der Waals surface area contributed by atoms with Gasteiger partial charge in [0.2, 0.25) is 10.0 Å². The van der Waals surface area contributed by atoms with Gasteiger partial charge < -0.3 is 9.84 Å². The van der Waals surface area contributed by atoms with Crippen LogP contribution < -0.4 is 4.72 Å². The summed E-state index contributed by atoms with van der Waals surface area (Å²) in [6.45, 7) is 4.99. The minimum Gasteiger partial charge on any atom is -0.392 e. The summed E-state index contributed by atoms with van der Waals surface area (Å²) in [7, 11) is -1.89. The van der Waals surface area contributed by atoms with E-state index in [2.05, 4.69) is 9.82 Å². The highest BCUT2D eigenvalue weighted by atomic mass is 32.2. The number of nitrogens with one attached hydrogen (secondary N) is 1. The Morgan fingerprint density at radius 1 is 1.33 bits per heavy atom. The second kappa shape index (κ2) is 6.40. The summed E-state index contributed by atoms with van der Waals surface area (Å²) in [5, 5.41) is 14.6. The third-order valence-electron chi connectivity index (χ3n) is 5.66. The lowest BCUT2D eigenvalue weighted by Crippen LogP contribution is -2.65. The first-order valence-corrected chi connectivity index (χ1v) is 10.2. The molecule has 0 aromatic carbocycles. The molecule has 0 amide bonds. The molecule has 2 heterocycles. The standard InChI is InChI=1S/C16H27N3O4S/c1-4-11-15(12(5-2)19(3)17-11)24(21,22)18-13-10-14(20)16(13)6-8-23-9-7-16/h13-14,18,20H,4-10H2,1-3H3/t13-,14-/m1/s1. The topological polar surface area (TPSA) is 93.5 Å². The van der Waals surface area contributed by atoms with E-state index in [-0.39, 0.29) is 11.5 Å². The van der Waals surface area contributed by atoms with E-state index in [0.717, 1.165) is 5.69 Å². The van der Waals surface area contributed by atoms with Crippen LogP contribution in [0.5, 0.6) is 0 Å². The minimum atomic E-state index is -3.67. The molecule has 0 bridgehead atoms. The Balaban J connectivity index is 1.90. The molecule has 1 aromatic rings. The highest BCUT2D eigenvalue weighted by Gasteiger charge is 2.56. The Morgan fingerprint density at radius 2 is 2.00 bits per heavy atom. The van der Waals surface area contributed by atoms with Crippen molar-refractivity contribution in [2.24, 2.45) is 12.5 Å². The molecule has 2 aliphatic rings. The molecule has 1 aliphatic carbocycles. The van der Waals surface area contributed by atoms with Gasteiger partial charge >= 0.3 is 0 Å². The first-order valence-electron chi connectivity index (χ1n) is 8.68. The van der Waals surface area contributed by atoms with Crippen molar-refractivity contribution in [2.45, 2.75) is 63.0 Å². The van der Waals surface area contributed by atoms with Crippen LogP contribution in [0.2, 0.25) is 0 Å². The molecule has 136 valence electrons. The van der Waals surface area contributed by atoms with Gasteiger partial charge in [-0.3, -0.25) is 4.68 Å². The Morgan fingerprint density at radius 3 is 2.54 bits per heavy atom. The normalized spacial score (nSPS) is 26.5. The van der Waals surface area contributed by atoms with E-state index in [1.165, 1.54) is 0 Å². The van der Waals surface area contributed by atoms with Gasteiger partial charge in [-0.2, -0.15) is 5.10 Å². The Hall–Kier alpha value is -0.960. The Kier molecular flexibility index (Phi) is 4.76. The van der Waals surface area contributed by atoms with Crippen LogP contribution in [-0.2, 0) is 34.6 Å². The first-order chi connectivity index (χ1) is 11.4. The van der Waals surface area contributed by atoms with Crippen LogP contribution in [0.4, 0.5) is 0 Å². The lowest BCUT2D eigenvalue weighted by molar-refractivity contribution is -0.143. The van der Waals surface area contributed by atoms with Gasteiger partial charge in [0.25, 0.3) is 0 Å². The number of aliphatic hydroxyl groups is 1. The second-order valence-electron chi connectivity index (χ2n) is 6.82. The largest absolute Gasteiger partial charge is 0.392 e. The van der Waals surface area contributed by atoms with Crippen LogP contribution in [0.1, 0.15) is 44.5 Å². The van der Waals surface area contributed by atoms with Crippen molar-refractivity contribution >= 4 is 10.0 Å². The summed E-state index contributed by atoms with van der Waals surface area (Å²) >= 11 is 0. The van der Waals surface area contributed by atoms with Crippen LogP contribution in [0.15, 0.2) is 4.90 Å². The van der Waals surface area contributed by atoms with Gasteiger partial charge in [0, 0.05) is 31.7 Å².